The molecule has 2 aromatic carbocycles. The minimum atomic E-state index is -1.26. The first-order valence-electron chi connectivity index (χ1n) is 16.4. The molecule has 2 aromatic heterocycles. The second kappa shape index (κ2) is 15.6. The van der Waals surface area contributed by atoms with Gasteiger partial charge in [0.05, 0.1) is 20.6 Å². The predicted octanol–water partition coefficient (Wildman–Crippen LogP) is 6.19. The maximum absolute atomic E-state index is 13.5. The predicted molar refractivity (Wildman–Crippen MR) is 191 cm³/mol. The molecule has 0 radical (unpaired) electrons. The number of pyridine rings is 1. The second-order valence-corrected chi connectivity index (χ2v) is 14.8. The van der Waals surface area contributed by atoms with Crippen LogP contribution in [0.2, 0.25) is 10.0 Å². The number of benzene rings is 2. The summed E-state index contributed by atoms with van der Waals surface area (Å²) in [6.45, 7) is 3.07. The zero-order chi connectivity index (χ0) is 35.4. The van der Waals surface area contributed by atoms with Crippen LogP contribution in [0.4, 0.5) is 0 Å². The minimum absolute atomic E-state index is 0.00626. The Bertz CT molecular complexity index is 1810. The summed E-state index contributed by atoms with van der Waals surface area (Å²) in [5.74, 6) is -0.166. The van der Waals surface area contributed by atoms with Crippen LogP contribution in [-0.4, -0.2) is 55.8 Å². The molecule has 3 aliphatic rings. The molecule has 5 heterocycles. The summed E-state index contributed by atoms with van der Waals surface area (Å²) in [4.78, 5) is 30.8. The summed E-state index contributed by atoms with van der Waals surface area (Å²) in [5, 5.41) is 26.5. The normalized spacial score (nSPS) is 20.1. The van der Waals surface area contributed by atoms with Gasteiger partial charge in [-0.3, -0.25) is 10.1 Å². The Kier molecular flexibility index (Phi) is 11.2. The van der Waals surface area contributed by atoms with Crippen molar-refractivity contribution < 1.29 is 33.6 Å². The Balaban J connectivity index is 1.20. The highest BCUT2D eigenvalue weighted by Crippen LogP contribution is 2.44. The lowest BCUT2D eigenvalue weighted by Gasteiger charge is -2.51. The van der Waals surface area contributed by atoms with Gasteiger partial charge in [-0.05, 0) is 67.2 Å². The van der Waals surface area contributed by atoms with E-state index < -0.39 is 23.6 Å². The third kappa shape index (κ3) is 7.57. The van der Waals surface area contributed by atoms with Gasteiger partial charge in [-0.15, -0.1) is 11.3 Å². The molecule has 1 unspecified atom stereocenters. The van der Waals surface area contributed by atoms with Gasteiger partial charge in [-0.1, -0.05) is 59.6 Å². The number of ether oxygens (including phenoxy) is 3. The van der Waals surface area contributed by atoms with E-state index in [0.29, 0.717) is 39.8 Å². The molecular formula is C37H39Cl2N3O7S. The Morgan fingerprint density at radius 3 is 2.32 bits per heavy atom. The average Bonchev–Trinajstić information content (AvgIpc) is 3.57. The lowest BCUT2D eigenvalue weighted by Crippen LogP contribution is -2.63. The number of methoxy groups -OCH3 is 2. The number of hydrogen-bond donors (Lipinski definition) is 2. The first-order valence-corrected chi connectivity index (χ1v) is 18.0. The van der Waals surface area contributed by atoms with Crippen LogP contribution in [0.1, 0.15) is 45.4 Å². The molecule has 0 amide bonds. The number of carbonyl (C=O) groups is 2. The van der Waals surface area contributed by atoms with Crippen molar-refractivity contribution in [3.8, 4) is 11.5 Å². The molecule has 7 rings (SSSR count). The van der Waals surface area contributed by atoms with Gasteiger partial charge >= 0.3 is 11.9 Å². The van der Waals surface area contributed by atoms with Gasteiger partial charge in [0.1, 0.15) is 21.7 Å². The number of carboxylic acids is 1. The van der Waals surface area contributed by atoms with Crippen molar-refractivity contribution in [2.45, 2.75) is 43.9 Å². The number of nitrogens with zero attached hydrogens (tertiary/aromatic N) is 2. The van der Waals surface area contributed by atoms with Gasteiger partial charge in [-0.25, -0.2) is 4.79 Å². The van der Waals surface area contributed by atoms with E-state index >= 15 is 0 Å². The molecule has 10 nitrogen and oxygen atoms in total. The first kappa shape index (κ1) is 35.9. The number of piperidine rings is 3. The summed E-state index contributed by atoms with van der Waals surface area (Å²) in [6.07, 6.45) is 3.67. The molecule has 2 N–H and O–H groups in total. The number of thiophene rings is 1. The molecule has 3 aliphatic heterocycles. The molecule has 3 saturated heterocycles. The topological polar surface area (TPSA) is 124 Å². The lowest BCUT2D eigenvalue weighted by molar-refractivity contribution is -0.605. The van der Waals surface area contributed by atoms with E-state index in [4.69, 9.17) is 37.4 Å². The van der Waals surface area contributed by atoms with Gasteiger partial charge in [0.15, 0.2) is 23.9 Å². The van der Waals surface area contributed by atoms with E-state index in [-0.39, 0.29) is 28.8 Å². The fraction of sp³-hybridized carbons (Fsp3) is 0.378. The molecule has 3 atom stereocenters. The van der Waals surface area contributed by atoms with Gasteiger partial charge in [0, 0.05) is 40.7 Å². The van der Waals surface area contributed by atoms with Crippen LogP contribution in [0.5, 0.6) is 11.5 Å². The van der Waals surface area contributed by atoms with Crippen molar-refractivity contribution in [1.82, 2.24) is 10.2 Å². The van der Waals surface area contributed by atoms with E-state index in [9.17, 15) is 19.9 Å². The van der Waals surface area contributed by atoms with Crippen molar-refractivity contribution >= 4 is 46.5 Å². The monoisotopic (exact) mass is 739 g/mol. The summed E-state index contributed by atoms with van der Waals surface area (Å²) in [7, 11) is 3.05. The standard InChI is InChI=1S/C37H39Cl2N3O7S/c1-47-32-11-8-24(16-34(32)48-2)33(18-28-30(38)21-42(46)22-31(28)39)49-35(43)17-26-9-10-27(50-26)19-40-37(36(44)45,25-6-4-3-5-7-25)29-20-41-14-12-23(29)13-15-41/h3-11,16,21-23,29,33,40H,12-15,17-20H2,1-2H3,(H,44,45)/t29-,33-,37?/m0/s1. The summed E-state index contributed by atoms with van der Waals surface area (Å²) in [6, 6.07) is 18.5. The third-order valence-electron chi connectivity index (χ3n) is 9.86. The maximum Gasteiger partial charge on any atom is 0.328 e. The van der Waals surface area contributed by atoms with E-state index in [1.807, 2.05) is 42.5 Å². The van der Waals surface area contributed by atoms with Crippen LogP contribution in [0.15, 0.2) is 73.1 Å². The van der Waals surface area contributed by atoms with Gasteiger partial charge in [-0.2, -0.15) is 4.73 Å². The number of rotatable bonds is 14. The molecule has 0 spiro atoms. The Hall–Kier alpha value is -3.87. The van der Waals surface area contributed by atoms with Crippen LogP contribution in [0.3, 0.4) is 0 Å². The minimum Gasteiger partial charge on any atom is -0.619 e. The molecule has 4 aromatic rings. The number of esters is 1. The van der Waals surface area contributed by atoms with E-state index in [1.54, 1.807) is 18.2 Å². The summed E-state index contributed by atoms with van der Waals surface area (Å²) >= 11 is 14.2. The molecule has 0 aliphatic carbocycles. The van der Waals surface area contributed by atoms with E-state index in [1.165, 1.54) is 38.0 Å². The molecule has 0 saturated carbocycles. The quantitative estimate of drug-likeness (QED) is 0.0886. The second-order valence-electron chi connectivity index (χ2n) is 12.7. The molecule has 3 fully saturated rings. The molecule has 264 valence electrons. The zero-order valence-corrected chi connectivity index (χ0v) is 30.1. The molecule has 13 heteroatoms. The maximum atomic E-state index is 13.5. The van der Waals surface area contributed by atoms with Crippen LogP contribution in [0, 0.1) is 17.0 Å². The molecule has 50 heavy (non-hydrogen) atoms. The van der Waals surface area contributed by atoms with Gasteiger partial charge in [0.25, 0.3) is 0 Å². The van der Waals surface area contributed by atoms with Gasteiger partial charge < -0.3 is 29.4 Å². The van der Waals surface area contributed by atoms with E-state index in [0.717, 1.165) is 47.8 Å². The van der Waals surface area contributed by atoms with Crippen molar-refractivity contribution in [3.05, 3.63) is 115 Å². The fourth-order valence-electron chi connectivity index (χ4n) is 7.33. The third-order valence-corrected chi connectivity index (χ3v) is 11.6. The van der Waals surface area contributed by atoms with E-state index in [2.05, 4.69) is 10.2 Å². The van der Waals surface area contributed by atoms with Crippen LogP contribution in [-0.2, 0) is 39.3 Å². The highest BCUT2D eigenvalue weighted by atomic mass is 35.5. The lowest BCUT2D eigenvalue weighted by atomic mass is 9.65. The van der Waals surface area contributed by atoms with Crippen molar-refractivity contribution in [1.29, 1.82) is 0 Å². The number of aromatic nitrogens is 1. The number of aliphatic carboxylic acids is 1. The highest BCUT2D eigenvalue weighted by Gasteiger charge is 2.53. The number of fused-ring (bicyclic) bond motifs is 3. The Labute approximate surface area is 305 Å². The molecular weight excluding hydrogens is 701 g/mol. The van der Waals surface area contributed by atoms with Crippen LogP contribution >= 0.6 is 34.5 Å². The smallest absolute Gasteiger partial charge is 0.328 e. The Morgan fingerprint density at radius 1 is 1.02 bits per heavy atom. The van der Waals surface area contributed by atoms with Crippen LogP contribution < -0.4 is 19.5 Å². The number of halogens is 2. The van der Waals surface area contributed by atoms with Crippen LogP contribution in [0.25, 0.3) is 0 Å². The number of carboxylic acid groups (broad SMARTS) is 1. The largest absolute Gasteiger partial charge is 0.619 e. The highest BCUT2D eigenvalue weighted by molar-refractivity contribution is 7.12. The number of carbonyl (C=O) groups excluding carboxylic acids is 1. The summed E-state index contributed by atoms with van der Waals surface area (Å²) in [5.41, 5.74) is 0.570. The number of hydrogen-bond acceptors (Lipinski definition) is 9. The zero-order valence-electron chi connectivity index (χ0n) is 27.8. The van der Waals surface area contributed by atoms with Crippen molar-refractivity contribution in [2.75, 3.05) is 33.9 Å². The van der Waals surface area contributed by atoms with Crippen molar-refractivity contribution in [3.63, 3.8) is 0 Å². The molecule has 2 bridgehead atoms. The van der Waals surface area contributed by atoms with Crippen molar-refractivity contribution in [2.24, 2.45) is 11.8 Å². The fourth-order valence-corrected chi connectivity index (χ4v) is 8.88. The number of nitrogens with one attached hydrogen (secondary N) is 1. The van der Waals surface area contributed by atoms with Gasteiger partial charge in [0.2, 0.25) is 0 Å². The summed E-state index contributed by atoms with van der Waals surface area (Å²) < 4.78 is 17.4. The average molecular weight is 741 g/mol. The Morgan fingerprint density at radius 2 is 1.70 bits per heavy atom. The first-order chi connectivity index (χ1) is 24.1. The SMILES string of the molecule is COc1ccc([C@H](Cc2c(Cl)c[n+]([O-])cc2Cl)OC(=O)Cc2ccc(CNC(C(=O)O)(c3ccccc3)[C@H]3CN4CCC3CC4)s2)cc1OC.